The first-order chi connectivity index (χ1) is 13.5. The van der Waals surface area contributed by atoms with Crippen LogP contribution in [-0.2, 0) is 4.74 Å². The van der Waals surface area contributed by atoms with Crippen LogP contribution in [0.5, 0.6) is 5.75 Å². The van der Waals surface area contributed by atoms with Gasteiger partial charge in [-0.15, -0.1) is 0 Å². The fraction of sp³-hybridized carbons (Fsp3) is 0.217. The molecule has 0 heterocycles. The van der Waals surface area contributed by atoms with E-state index in [0.717, 1.165) is 0 Å². The Balaban J connectivity index is 2.08. The minimum Gasteiger partial charge on any atom is -0.468 e. The van der Waals surface area contributed by atoms with Crippen LogP contribution in [0.4, 0.5) is 13.2 Å². The van der Waals surface area contributed by atoms with Gasteiger partial charge >= 0.3 is 6.18 Å². The molecule has 146 valence electrons. The van der Waals surface area contributed by atoms with Gasteiger partial charge in [0.25, 0.3) is 0 Å². The molecule has 0 aliphatic carbocycles. The van der Waals surface area contributed by atoms with Crippen molar-refractivity contribution in [3.8, 4) is 5.75 Å². The summed E-state index contributed by atoms with van der Waals surface area (Å²) in [5.74, 6) is -2.00. The molecule has 0 bridgehead atoms. The third-order valence-corrected chi connectivity index (χ3v) is 4.59. The molecule has 0 aliphatic rings. The molecule has 3 aromatic carbocycles. The minimum atomic E-state index is -4.41. The highest BCUT2D eigenvalue weighted by Crippen LogP contribution is 2.48. The van der Waals surface area contributed by atoms with E-state index in [-0.39, 0.29) is 12.4 Å². The topological polar surface area (TPSA) is 18.5 Å². The first-order valence-electron chi connectivity index (χ1n) is 8.89. The van der Waals surface area contributed by atoms with Crippen LogP contribution in [0, 0.1) is 0 Å². The average molecular weight is 386 g/mol. The Morgan fingerprint density at radius 1 is 0.714 bits per heavy atom. The third kappa shape index (κ3) is 4.73. The number of hydrogen-bond donors (Lipinski definition) is 0. The predicted octanol–water partition coefficient (Wildman–Crippen LogP) is 6.15. The lowest BCUT2D eigenvalue weighted by molar-refractivity contribution is -0.153. The summed E-state index contributed by atoms with van der Waals surface area (Å²) < 4.78 is 52.9. The molecule has 3 aromatic rings. The minimum absolute atomic E-state index is 0.0800. The van der Waals surface area contributed by atoms with Gasteiger partial charge in [-0.05, 0) is 28.8 Å². The van der Waals surface area contributed by atoms with E-state index in [1.54, 1.807) is 72.8 Å². The van der Waals surface area contributed by atoms with E-state index in [1.165, 1.54) is 19.2 Å². The molecule has 0 fully saturated rings. The highest BCUT2D eigenvalue weighted by Gasteiger charge is 2.46. The lowest BCUT2D eigenvalue weighted by Crippen LogP contribution is -2.28. The average Bonchev–Trinajstić information content (AvgIpc) is 2.71. The van der Waals surface area contributed by atoms with Gasteiger partial charge in [-0.1, -0.05) is 72.8 Å². The van der Waals surface area contributed by atoms with Gasteiger partial charge in [-0.3, -0.25) is 0 Å². The Kier molecular flexibility index (Phi) is 6.37. The second-order valence-electron chi connectivity index (χ2n) is 6.44. The standard InChI is InChI=1S/C23H21F3O2/c1-27-16-28-20-14-12-18(13-15-20)21(17-8-4-2-5-9-17)22(23(24,25)26)19-10-6-3-7-11-19/h2-15,21-22H,16H2,1H3. The van der Waals surface area contributed by atoms with Crippen molar-refractivity contribution in [2.45, 2.75) is 18.0 Å². The number of benzene rings is 3. The lowest BCUT2D eigenvalue weighted by Gasteiger charge is -2.30. The van der Waals surface area contributed by atoms with Crippen molar-refractivity contribution in [3.63, 3.8) is 0 Å². The molecule has 0 radical (unpaired) electrons. The van der Waals surface area contributed by atoms with Gasteiger partial charge in [0.05, 0.1) is 5.92 Å². The summed E-state index contributed by atoms with van der Waals surface area (Å²) in [6.07, 6.45) is -4.41. The summed E-state index contributed by atoms with van der Waals surface area (Å²) in [6.45, 7) is 0.0800. The summed E-state index contributed by atoms with van der Waals surface area (Å²) in [5, 5.41) is 0. The van der Waals surface area contributed by atoms with E-state index in [2.05, 4.69) is 0 Å². The SMILES string of the molecule is COCOc1ccc(C(c2ccccc2)C(c2ccccc2)C(F)(F)F)cc1. The molecule has 0 aliphatic heterocycles. The Morgan fingerprint density at radius 2 is 1.21 bits per heavy atom. The normalized spacial score (nSPS) is 13.7. The maximum Gasteiger partial charge on any atom is 0.396 e. The van der Waals surface area contributed by atoms with E-state index in [4.69, 9.17) is 9.47 Å². The molecule has 2 nitrogen and oxygen atoms in total. The quantitative estimate of drug-likeness (QED) is 0.454. The molecule has 0 aromatic heterocycles. The van der Waals surface area contributed by atoms with Crippen molar-refractivity contribution >= 4 is 0 Å². The maximum atomic E-state index is 14.2. The first kappa shape index (κ1) is 20.0. The van der Waals surface area contributed by atoms with Gasteiger partial charge in [-0.2, -0.15) is 13.2 Å². The van der Waals surface area contributed by atoms with Crippen LogP contribution in [0.2, 0.25) is 0 Å². The van der Waals surface area contributed by atoms with Crippen LogP contribution in [0.3, 0.4) is 0 Å². The van der Waals surface area contributed by atoms with Gasteiger partial charge in [0.2, 0.25) is 0 Å². The zero-order valence-electron chi connectivity index (χ0n) is 15.4. The van der Waals surface area contributed by atoms with Gasteiger partial charge < -0.3 is 9.47 Å². The molecule has 0 spiro atoms. The molecular formula is C23H21F3O2. The van der Waals surface area contributed by atoms with Crippen molar-refractivity contribution in [1.82, 2.24) is 0 Å². The zero-order chi connectivity index (χ0) is 20.0. The van der Waals surface area contributed by atoms with Crippen molar-refractivity contribution in [1.29, 1.82) is 0 Å². The highest BCUT2D eigenvalue weighted by atomic mass is 19.4. The number of hydrogen-bond acceptors (Lipinski definition) is 2. The molecule has 3 rings (SSSR count). The molecule has 0 saturated carbocycles. The molecule has 0 amide bonds. The van der Waals surface area contributed by atoms with Crippen LogP contribution in [0.15, 0.2) is 84.9 Å². The van der Waals surface area contributed by atoms with E-state index in [9.17, 15) is 13.2 Å². The van der Waals surface area contributed by atoms with E-state index in [1.807, 2.05) is 0 Å². The van der Waals surface area contributed by atoms with Gasteiger partial charge in [0, 0.05) is 13.0 Å². The maximum absolute atomic E-state index is 14.2. The van der Waals surface area contributed by atoms with E-state index in [0.29, 0.717) is 16.9 Å². The summed E-state index contributed by atoms with van der Waals surface area (Å²) in [7, 11) is 1.51. The number of rotatable bonds is 7. The van der Waals surface area contributed by atoms with Gasteiger partial charge in [-0.25, -0.2) is 0 Å². The van der Waals surface area contributed by atoms with Crippen LogP contribution >= 0.6 is 0 Å². The largest absolute Gasteiger partial charge is 0.468 e. The lowest BCUT2D eigenvalue weighted by atomic mass is 9.76. The van der Waals surface area contributed by atoms with Crippen LogP contribution in [0.1, 0.15) is 28.5 Å². The molecule has 28 heavy (non-hydrogen) atoms. The second kappa shape index (κ2) is 8.93. The highest BCUT2D eigenvalue weighted by molar-refractivity contribution is 5.41. The zero-order valence-corrected chi connectivity index (χ0v) is 15.4. The second-order valence-corrected chi connectivity index (χ2v) is 6.44. The predicted molar refractivity (Wildman–Crippen MR) is 102 cm³/mol. The van der Waals surface area contributed by atoms with E-state index < -0.39 is 18.0 Å². The number of ether oxygens (including phenoxy) is 2. The molecule has 5 heteroatoms. The van der Waals surface area contributed by atoms with Gasteiger partial charge in [0.1, 0.15) is 5.75 Å². The smallest absolute Gasteiger partial charge is 0.396 e. The Labute approximate surface area is 162 Å². The molecule has 2 unspecified atom stereocenters. The number of halogens is 3. The summed E-state index contributed by atoms with van der Waals surface area (Å²) >= 11 is 0. The van der Waals surface area contributed by atoms with Crippen molar-refractivity contribution in [3.05, 3.63) is 102 Å². The van der Waals surface area contributed by atoms with Crippen LogP contribution in [0.25, 0.3) is 0 Å². The third-order valence-electron chi connectivity index (χ3n) is 4.59. The number of alkyl halides is 3. The molecular weight excluding hydrogens is 365 g/mol. The van der Waals surface area contributed by atoms with E-state index >= 15 is 0 Å². The van der Waals surface area contributed by atoms with Crippen molar-refractivity contribution in [2.75, 3.05) is 13.9 Å². The Hall–Kier alpha value is -2.79. The van der Waals surface area contributed by atoms with Crippen LogP contribution in [-0.4, -0.2) is 20.1 Å². The number of methoxy groups -OCH3 is 1. The fourth-order valence-electron chi connectivity index (χ4n) is 3.37. The monoisotopic (exact) mass is 386 g/mol. The summed E-state index contributed by atoms with van der Waals surface area (Å²) in [6, 6.07) is 23.6. The summed E-state index contributed by atoms with van der Waals surface area (Å²) in [5.41, 5.74) is 1.42. The Morgan fingerprint density at radius 3 is 1.71 bits per heavy atom. The molecule has 2 atom stereocenters. The van der Waals surface area contributed by atoms with Crippen molar-refractivity contribution in [2.24, 2.45) is 0 Å². The summed E-state index contributed by atoms with van der Waals surface area (Å²) in [4.78, 5) is 0. The molecule has 0 N–H and O–H groups in total. The first-order valence-corrected chi connectivity index (χ1v) is 8.89. The van der Waals surface area contributed by atoms with Crippen molar-refractivity contribution < 1.29 is 22.6 Å². The van der Waals surface area contributed by atoms with Gasteiger partial charge in [0.15, 0.2) is 6.79 Å². The van der Waals surface area contributed by atoms with Crippen LogP contribution < -0.4 is 4.74 Å². The fourth-order valence-corrected chi connectivity index (χ4v) is 3.37. The Bertz CT molecular complexity index is 847. The molecule has 0 saturated heterocycles.